The second-order valence-corrected chi connectivity index (χ2v) is 3.62. The minimum atomic E-state index is -1.10. The van der Waals surface area contributed by atoms with Crippen molar-refractivity contribution in [2.45, 2.75) is 6.42 Å². The first-order valence-corrected chi connectivity index (χ1v) is 5.10. The molecule has 7 heteroatoms. The summed E-state index contributed by atoms with van der Waals surface area (Å²) in [7, 11) is 1.26. The first-order chi connectivity index (χ1) is 8.54. The molecule has 94 valence electrons. The second kappa shape index (κ2) is 4.36. The van der Waals surface area contributed by atoms with Crippen LogP contribution in [0, 0.1) is 0 Å². The van der Waals surface area contributed by atoms with Crippen LogP contribution in [-0.4, -0.2) is 33.5 Å². The molecule has 0 saturated heterocycles. The first kappa shape index (κ1) is 11.9. The number of nitrogens with two attached hydrogens (primary N) is 1. The van der Waals surface area contributed by atoms with E-state index in [0.717, 1.165) is 0 Å². The number of nitrogens with zero attached hydrogens (tertiary/aromatic N) is 2. The number of carboxylic acid groups (broad SMARTS) is 1. The number of anilines is 1. The Hall–Kier alpha value is -2.57. The number of imidazole rings is 1. The minimum Gasteiger partial charge on any atom is -0.478 e. The van der Waals surface area contributed by atoms with Crippen LogP contribution in [0.2, 0.25) is 0 Å². The van der Waals surface area contributed by atoms with Gasteiger partial charge >= 0.3 is 11.9 Å². The molecule has 18 heavy (non-hydrogen) atoms. The number of esters is 1. The van der Waals surface area contributed by atoms with Crippen molar-refractivity contribution in [1.82, 2.24) is 9.38 Å². The van der Waals surface area contributed by atoms with E-state index in [2.05, 4.69) is 9.72 Å². The Bertz CT molecular complexity index is 632. The summed E-state index contributed by atoms with van der Waals surface area (Å²) in [5.41, 5.74) is 6.35. The number of carboxylic acids is 1. The van der Waals surface area contributed by atoms with E-state index in [-0.39, 0.29) is 23.4 Å². The van der Waals surface area contributed by atoms with Crippen LogP contribution in [0.25, 0.3) is 5.65 Å². The third kappa shape index (κ3) is 1.86. The van der Waals surface area contributed by atoms with Gasteiger partial charge in [-0.05, 0) is 12.1 Å². The van der Waals surface area contributed by atoms with E-state index in [1.165, 1.54) is 17.6 Å². The van der Waals surface area contributed by atoms with Gasteiger partial charge in [0.1, 0.15) is 11.4 Å². The maximum Gasteiger partial charge on any atom is 0.339 e. The first-order valence-electron chi connectivity index (χ1n) is 5.10. The summed E-state index contributed by atoms with van der Waals surface area (Å²) in [5, 5.41) is 9.03. The molecule has 0 atom stereocenters. The topological polar surface area (TPSA) is 107 Å². The van der Waals surface area contributed by atoms with Crippen LogP contribution in [0.1, 0.15) is 16.1 Å². The van der Waals surface area contributed by atoms with Gasteiger partial charge in [-0.25, -0.2) is 9.78 Å². The number of methoxy groups -OCH3 is 1. The van der Waals surface area contributed by atoms with Crippen molar-refractivity contribution in [2.24, 2.45) is 0 Å². The van der Waals surface area contributed by atoms with Crippen molar-refractivity contribution in [3.63, 3.8) is 0 Å². The lowest BCUT2D eigenvalue weighted by Gasteiger charge is -1.99. The SMILES string of the molecule is COC(=O)Cc1nc2c(C(=O)O)cccn2c1N. The molecule has 0 aromatic carbocycles. The third-order valence-electron chi connectivity index (χ3n) is 2.53. The molecular formula is C11H11N3O4. The molecule has 0 spiro atoms. The second-order valence-electron chi connectivity index (χ2n) is 3.62. The van der Waals surface area contributed by atoms with Gasteiger partial charge in [0.05, 0.1) is 19.2 Å². The fourth-order valence-electron chi connectivity index (χ4n) is 1.64. The standard InChI is InChI=1S/C11H11N3O4/c1-18-8(15)5-7-9(12)14-4-2-3-6(11(16)17)10(14)13-7/h2-4H,5,12H2,1H3,(H,16,17). The Kier molecular flexibility index (Phi) is 2.88. The Labute approximate surface area is 102 Å². The van der Waals surface area contributed by atoms with Gasteiger partial charge < -0.3 is 15.6 Å². The lowest BCUT2D eigenvalue weighted by Crippen LogP contribution is -2.07. The number of hydrogen-bond acceptors (Lipinski definition) is 5. The molecule has 7 nitrogen and oxygen atoms in total. The molecule has 2 aromatic rings. The summed E-state index contributed by atoms with van der Waals surface area (Å²) in [6.45, 7) is 0. The predicted molar refractivity (Wildman–Crippen MR) is 62.3 cm³/mol. The Morgan fingerprint density at radius 3 is 2.89 bits per heavy atom. The van der Waals surface area contributed by atoms with E-state index >= 15 is 0 Å². The number of pyridine rings is 1. The number of aromatic nitrogens is 2. The van der Waals surface area contributed by atoms with E-state index in [4.69, 9.17) is 10.8 Å². The number of nitrogen functional groups attached to an aromatic ring is 1. The highest BCUT2D eigenvalue weighted by molar-refractivity contribution is 5.95. The fourth-order valence-corrected chi connectivity index (χ4v) is 1.64. The summed E-state index contributed by atoms with van der Waals surface area (Å²) in [4.78, 5) is 26.3. The van der Waals surface area contributed by atoms with E-state index in [0.29, 0.717) is 5.69 Å². The van der Waals surface area contributed by atoms with Crippen LogP contribution in [-0.2, 0) is 16.0 Å². The number of carbonyl (C=O) groups is 2. The summed E-state index contributed by atoms with van der Waals surface area (Å²) in [6.07, 6.45) is 1.49. The summed E-state index contributed by atoms with van der Waals surface area (Å²) >= 11 is 0. The Balaban J connectivity index is 2.58. The van der Waals surface area contributed by atoms with Crippen molar-refractivity contribution in [3.05, 3.63) is 29.6 Å². The maximum absolute atomic E-state index is 11.2. The molecule has 0 unspecified atom stereocenters. The maximum atomic E-state index is 11.2. The van der Waals surface area contributed by atoms with E-state index < -0.39 is 11.9 Å². The van der Waals surface area contributed by atoms with Gasteiger partial charge in [0.15, 0.2) is 5.65 Å². The zero-order valence-electron chi connectivity index (χ0n) is 9.58. The highest BCUT2D eigenvalue weighted by Crippen LogP contribution is 2.18. The molecule has 0 radical (unpaired) electrons. The molecule has 2 heterocycles. The van der Waals surface area contributed by atoms with Crippen molar-refractivity contribution in [1.29, 1.82) is 0 Å². The molecule has 0 aliphatic carbocycles. The highest BCUT2D eigenvalue weighted by Gasteiger charge is 2.17. The van der Waals surface area contributed by atoms with Gasteiger partial charge in [0.25, 0.3) is 0 Å². The highest BCUT2D eigenvalue weighted by atomic mass is 16.5. The quantitative estimate of drug-likeness (QED) is 0.759. The van der Waals surface area contributed by atoms with Crippen LogP contribution in [0.4, 0.5) is 5.82 Å². The van der Waals surface area contributed by atoms with E-state index in [1.807, 2.05) is 0 Å². The Morgan fingerprint density at radius 1 is 1.56 bits per heavy atom. The van der Waals surface area contributed by atoms with Crippen LogP contribution in [0.3, 0.4) is 0 Å². The van der Waals surface area contributed by atoms with Crippen LogP contribution in [0.5, 0.6) is 0 Å². The van der Waals surface area contributed by atoms with Gasteiger partial charge in [-0.3, -0.25) is 9.20 Å². The monoisotopic (exact) mass is 249 g/mol. The zero-order chi connectivity index (χ0) is 13.3. The number of fused-ring (bicyclic) bond motifs is 1. The lowest BCUT2D eigenvalue weighted by atomic mass is 10.3. The summed E-state index contributed by atoms with van der Waals surface area (Å²) in [6, 6.07) is 2.97. The van der Waals surface area contributed by atoms with Crippen molar-refractivity contribution < 1.29 is 19.4 Å². The van der Waals surface area contributed by atoms with Gasteiger partial charge in [0.2, 0.25) is 0 Å². The number of rotatable bonds is 3. The number of carbonyl (C=O) groups excluding carboxylic acids is 1. The Morgan fingerprint density at radius 2 is 2.28 bits per heavy atom. The van der Waals surface area contributed by atoms with E-state index in [1.54, 1.807) is 12.3 Å². The molecule has 2 aromatic heterocycles. The lowest BCUT2D eigenvalue weighted by molar-refractivity contribution is -0.139. The summed E-state index contributed by atoms with van der Waals surface area (Å²) in [5.74, 6) is -1.35. The van der Waals surface area contributed by atoms with Crippen LogP contribution < -0.4 is 5.73 Å². The van der Waals surface area contributed by atoms with Crippen molar-refractivity contribution in [2.75, 3.05) is 12.8 Å². The molecule has 0 saturated carbocycles. The molecule has 0 amide bonds. The minimum absolute atomic E-state index is 0.0281. The zero-order valence-corrected chi connectivity index (χ0v) is 9.58. The summed E-state index contributed by atoms with van der Waals surface area (Å²) < 4.78 is 5.96. The molecule has 0 fully saturated rings. The molecule has 0 aliphatic rings. The molecule has 2 rings (SSSR count). The van der Waals surface area contributed by atoms with Crippen LogP contribution in [0.15, 0.2) is 18.3 Å². The number of ether oxygens (including phenoxy) is 1. The van der Waals surface area contributed by atoms with Crippen molar-refractivity contribution in [3.8, 4) is 0 Å². The van der Waals surface area contributed by atoms with Gasteiger partial charge in [-0.2, -0.15) is 0 Å². The smallest absolute Gasteiger partial charge is 0.339 e. The molecule has 0 bridgehead atoms. The van der Waals surface area contributed by atoms with Gasteiger partial charge in [-0.15, -0.1) is 0 Å². The van der Waals surface area contributed by atoms with Gasteiger partial charge in [-0.1, -0.05) is 0 Å². The molecule has 3 N–H and O–H groups in total. The van der Waals surface area contributed by atoms with Crippen LogP contribution >= 0.6 is 0 Å². The molecule has 0 aliphatic heterocycles. The normalized spacial score (nSPS) is 10.5. The third-order valence-corrected chi connectivity index (χ3v) is 2.53. The number of hydrogen-bond donors (Lipinski definition) is 2. The average Bonchev–Trinajstić information content (AvgIpc) is 2.66. The number of aromatic carboxylic acids is 1. The predicted octanol–water partition coefficient (Wildman–Crippen LogP) is 0.330. The average molecular weight is 249 g/mol. The van der Waals surface area contributed by atoms with E-state index in [9.17, 15) is 9.59 Å². The fraction of sp³-hybridized carbons (Fsp3) is 0.182. The van der Waals surface area contributed by atoms with Crippen molar-refractivity contribution >= 4 is 23.4 Å². The molecular weight excluding hydrogens is 238 g/mol. The largest absolute Gasteiger partial charge is 0.478 e. The van der Waals surface area contributed by atoms with Gasteiger partial charge in [0, 0.05) is 6.20 Å².